The van der Waals surface area contributed by atoms with Gasteiger partial charge in [-0.15, -0.1) is 11.3 Å². The van der Waals surface area contributed by atoms with Crippen LogP contribution in [0.4, 0.5) is 14.5 Å². The molecule has 0 amide bonds. The van der Waals surface area contributed by atoms with E-state index in [2.05, 4.69) is 14.9 Å². The molecule has 0 unspecified atom stereocenters. The standard InChI is InChI=1S/C14H9F2N3O3S2/c15-10-2-1-9(6-11(10)16)19-24(21,22)14-5-8(7-23-14)12-3-4-13(20)18-17-12/h1-7,19H,(H,18,20). The number of halogens is 2. The predicted octanol–water partition coefficient (Wildman–Crippen LogP) is 2.58. The minimum atomic E-state index is -3.96. The van der Waals surface area contributed by atoms with Crippen LogP contribution in [0.15, 0.2) is 50.8 Å². The molecule has 0 aliphatic heterocycles. The van der Waals surface area contributed by atoms with E-state index in [-0.39, 0.29) is 15.5 Å². The van der Waals surface area contributed by atoms with E-state index in [1.54, 1.807) is 5.38 Å². The molecule has 1 aromatic carbocycles. The summed E-state index contributed by atoms with van der Waals surface area (Å²) in [4.78, 5) is 11.0. The zero-order chi connectivity index (χ0) is 17.3. The summed E-state index contributed by atoms with van der Waals surface area (Å²) >= 11 is 0.932. The first-order valence-electron chi connectivity index (χ1n) is 6.48. The Labute approximate surface area is 138 Å². The maximum Gasteiger partial charge on any atom is 0.271 e. The van der Waals surface area contributed by atoms with Crippen LogP contribution in [0, 0.1) is 11.6 Å². The van der Waals surface area contributed by atoms with E-state index < -0.39 is 21.7 Å². The average molecular weight is 369 g/mol. The molecule has 3 rings (SSSR count). The first kappa shape index (κ1) is 16.3. The monoisotopic (exact) mass is 369 g/mol. The highest BCUT2D eigenvalue weighted by molar-refractivity contribution is 7.94. The number of benzene rings is 1. The third kappa shape index (κ3) is 3.34. The largest absolute Gasteiger partial charge is 0.279 e. The lowest BCUT2D eigenvalue weighted by molar-refractivity contribution is 0.509. The third-order valence-corrected chi connectivity index (χ3v) is 5.81. The van der Waals surface area contributed by atoms with Crippen LogP contribution in [0.2, 0.25) is 0 Å². The molecule has 0 atom stereocenters. The van der Waals surface area contributed by atoms with Gasteiger partial charge in [0, 0.05) is 23.1 Å². The number of rotatable bonds is 4. The average Bonchev–Trinajstić information content (AvgIpc) is 3.02. The second-order valence-corrected chi connectivity index (χ2v) is 7.52. The van der Waals surface area contributed by atoms with Gasteiger partial charge in [0.2, 0.25) is 0 Å². The van der Waals surface area contributed by atoms with Crippen molar-refractivity contribution in [2.45, 2.75) is 4.21 Å². The third-order valence-electron chi connectivity index (χ3n) is 2.99. The Balaban J connectivity index is 1.89. The Kier molecular flexibility index (Phi) is 4.16. The van der Waals surface area contributed by atoms with Crippen molar-refractivity contribution >= 4 is 27.0 Å². The summed E-state index contributed by atoms with van der Waals surface area (Å²) in [6.45, 7) is 0. The minimum absolute atomic E-state index is 0.0322. The van der Waals surface area contributed by atoms with Gasteiger partial charge in [0.25, 0.3) is 15.6 Å². The molecular weight excluding hydrogens is 360 g/mol. The SMILES string of the molecule is O=c1ccc(-c2csc(S(=O)(=O)Nc3ccc(F)c(F)c3)c2)n[nH]1. The Morgan fingerprint density at radius 2 is 1.88 bits per heavy atom. The number of nitrogens with one attached hydrogen (secondary N) is 2. The first-order chi connectivity index (χ1) is 11.3. The van der Waals surface area contributed by atoms with Crippen LogP contribution in [0.25, 0.3) is 11.3 Å². The van der Waals surface area contributed by atoms with Crippen molar-refractivity contribution in [3.05, 3.63) is 63.8 Å². The number of hydrogen-bond donors (Lipinski definition) is 2. The van der Waals surface area contributed by atoms with E-state index in [0.29, 0.717) is 11.3 Å². The van der Waals surface area contributed by atoms with Gasteiger partial charge in [-0.2, -0.15) is 5.10 Å². The van der Waals surface area contributed by atoms with Crippen molar-refractivity contribution in [2.24, 2.45) is 0 Å². The van der Waals surface area contributed by atoms with Gasteiger partial charge >= 0.3 is 0 Å². The van der Waals surface area contributed by atoms with Gasteiger partial charge < -0.3 is 0 Å². The molecule has 124 valence electrons. The summed E-state index contributed by atoms with van der Waals surface area (Å²) in [5.74, 6) is -2.22. The maximum absolute atomic E-state index is 13.2. The summed E-state index contributed by atoms with van der Waals surface area (Å²) in [5, 5.41) is 7.62. The molecule has 6 nitrogen and oxygen atoms in total. The molecule has 0 spiro atoms. The second kappa shape index (κ2) is 6.13. The van der Waals surface area contributed by atoms with Crippen molar-refractivity contribution in [3.8, 4) is 11.3 Å². The molecule has 0 radical (unpaired) electrons. The minimum Gasteiger partial charge on any atom is -0.279 e. The lowest BCUT2D eigenvalue weighted by Gasteiger charge is -2.06. The highest BCUT2D eigenvalue weighted by atomic mass is 32.2. The number of thiophene rings is 1. The quantitative estimate of drug-likeness (QED) is 0.739. The van der Waals surface area contributed by atoms with Crippen LogP contribution in [0.1, 0.15) is 0 Å². The predicted molar refractivity (Wildman–Crippen MR) is 85.3 cm³/mol. The number of nitrogens with zero attached hydrogens (tertiary/aromatic N) is 1. The number of anilines is 1. The number of aromatic nitrogens is 2. The van der Waals surface area contributed by atoms with Gasteiger partial charge in [-0.25, -0.2) is 22.3 Å². The Morgan fingerprint density at radius 1 is 1.08 bits per heavy atom. The molecule has 0 fully saturated rings. The lowest BCUT2D eigenvalue weighted by atomic mass is 10.2. The van der Waals surface area contributed by atoms with Crippen molar-refractivity contribution in [3.63, 3.8) is 0 Å². The number of hydrogen-bond acceptors (Lipinski definition) is 5. The highest BCUT2D eigenvalue weighted by Gasteiger charge is 2.18. The maximum atomic E-state index is 13.2. The van der Waals surface area contributed by atoms with Crippen molar-refractivity contribution in [1.29, 1.82) is 0 Å². The zero-order valence-electron chi connectivity index (χ0n) is 11.8. The molecule has 3 aromatic rings. The summed E-state index contributed by atoms with van der Waals surface area (Å²) in [6, 6.07) is 6.80. The van der Waals surface area contributed by atoms with E-state index in [4.69, 9.17) is 0 Å². The molecule has 2 N–H and O–H groups in total. The Morgan fingerprint density at radius 3 is 2.54 bits per heavy atom. The molecular formula is C14H9F2N3O3S2. The van der Waals surface area contributed by atoms with Gasteiger partial charge in [0.05, 0.1) is 11.4 Å². The summed E-state index contributed by atoms with van der Waals surface area (Å²) < 4.78 is 52.8. The zero-order valence-corrected chi connectivity index (χ0v) is 13.4. The normalized spacial score (nSPS) is 11.4. The first-order valence-corrected chi connectivity index (χ1v) is 8.84. The Bertz CT molecular complexity index is 1040. The summed E-state index contributed by atoms with van der Waals surface area (Å²) in [7, 11) is -3.96. The van der Waals surface area contributed by atoms with Crippen LogP contribution >= 0.6 is 11.3 Å². The highest BCUT2D eigenvalue weighted by Crippen LogP contribution is 2.28. The van der Waals surface area contributed by atoms with Gasteiger partial charge in [-0.05, 0) is 24.3 Å². The number of aromatic amines is 1. The topological polar surface area (TPSA) is 91.9 Å². The molecule has 24 heavy (non-hydrogen) atoms. The second-order valence-electron chi connectivity index (χ2n) is 4.70. The molecule has 0 saturated carbocycles. The fraction of sp³-hybridized carbons (Fsp3) is 0. The Hall–Kier alpha value is -2.59. The van der Waals surface area contributed by atoms with Crippen molar-refractivity contribution < 1.29 is 17.2 Å². The molecule has 0 saturated heterocycles. The van der Waals surface area contributed by atoms with Gasteiger partial charge in [0.1, 0.15) is 4.21 Å². The smallest absolute Gasteiger partial charge is 0.271 e. The van der Waals surface area contributed by atoms with Crippen LogP contribution in [-0.2, 0) is 10.0 Å². The number of H-pyrrole nitrogens is 1. The van der Waals surface area contributed by atoms with Crippen LogP contribution in [-0.4, -0.2) is 18.6 Å². The van der Waals surface area contributed by atoms with Crippen molar-refractivity contribution in [2.75, 3.05) is 4.72 Å². The fourth-order valence-electron chi connectivity index (χ4n) is 1.86. The van der Waals surface area contributed by atoms with Crippen molar-refractivity contribution in [1.82, 2.24) is 10.2 Å². The molecule has 2 heterocycles. The molecule has 10 heteroatoms. The van der Waals surface area contributed by atoms with Gasteiger partial charge in [0.15, 0.2) is 11.6 Å². The van der Waals surface area contributed by atoms with Crippen LogP contribution in [0.5, 0.6) is 0 Å². The molecule has 0 aliphatic rings. The van der Waals surface area contributed by atoms with E-state index in [9.17, 15) is 22.0 Å². The number of sulfonamides is 1. The van der Waals surface area contributed by atoms with Gasteiger partial charge in [-0.1, -0.05) is 0 Å². The summed E-state index contributed by atoms with van der Waals surface area (Å²) in [5.41, 5.74) is 0.440. The van der Waals surface area contributed by atoms with E-state index in [1.807, 2.05) is 0 Å². The molecule has 2 aromatic heterocycles. The summed E-state index contributed by atoms with van der Waals surface area (Å²) in [6.07, 6.45) is 0. The van der Waals surface area contributed by atoms with E-state index in [0.717, 1.165) is 29.5 Å². The fourth-order valence-corrected chi connectivity index (χ4v) is 4.09. The lowest BCUT2D eigenvalue weighted by Crippen LogP contribution is -2.11. The van der Waals surface area contributed by atoms with Crippen LogP contribution < -0.4 is 10.3 Å². The van der Waals surface area contributed by atoms with E-state index in [1.165, 1.54) is 18.2 Å². The van der Waals surface area contributed by atoms with Gasteiger partial charge in [-0.3, -0.25) is 9.52 Å². The van der Waals surface area contributed by atoms with Crippen LogP contribution in [0.3, 0.4) is 0 Å². The van der Waals surface area contributed by atoms with E-state index >= 15 is 0 Å². The molecule has 0 aliphatic carbocycles. The molecule has 0 bridgehead atoms.